The van der Waals surface area contributed by atoms with Gasteiger partial charge in [-0.1, -0.05) is 30.3 Å². The first kappa shape index (κ1) is 13.3. The number of carbonyl (C=O) groups is 1. The predicted octanol–water partition coefficient (Wildman–Crippen LogP) is 2.98. The highest BCUT2D eigenvalue weighted by atomic mass is 16.5. The number of esters is 1. The van der Waals surface area contributed by atoms with Crippen molar-refractivity contribution in [2.75, 3.05) is 6.61 Å². The largest absolute Gasteiger partial charge is 0.461 e. The number of hydrogen-bond acceptors (Lipinski definition) is 3. The van der Waals surface area contributed by atoms with Crippen LogP contribution in [-0.2, 0) is 4.74 Å². The minimum Gasteiger partial charge on any atom is -0.461 e. The predicted molar refractivity (Wildman–Crippen MR) is 73.2 cm³/mol. The molecule has 0 saturated heterocycles. The van der Waals surface area contributed by atoms with E-state index in [0.29, 0.717) is 12.3 Å². The third-order valence-electron chi connectivity index (χ3n) is 3.14. The molecule has 1 unspecified atom stereocenters. The highest BCUT2D eigenvalue weighted by molar-refractivity contribution is 5.87. The minimum atomic E-state index is -0.328. The maximum absolute atomic E-state index is 11.9. The van der Waals surface area contributed by atoms with Crippen LogP contribution >= 0.6 is 0 Å². The second-order valence-electron chi connectivity index (χ2n) is 4.37. The van der Waals surface area contributed by atoms with Crippen molar-refractivity contribution in [2.24, 2.45) is 0 Å². The number of ether oxygens (including phenoxy) is 1. The summed E-state index contributed by atoms with van der Waals surface area (Å²) in [6.07, 6.45) is 1.58. The molecular formula is C15H18N2O2. The molecule has 0 saturated carbocycles. The molecule has 19 heavy (non-hydrogen) atoms. The Labute approximate surface area is 113 Å². The van der Waals surface area contributed by atoms with E-state index in [1.54, 1.807) is 13.1 Å². The van der Waals surface area contributed by atoms with Gasteiger partial charge in [-0.05, 0) is 26.3 Å². The summed E-state index contributed by atoms with van der Waals surface area (Å²) in [7, 11) is 0. The second kappa shape index (κ2) is 5.69. The lowest BCUT2D eigenvalue weighted by Gasteiger charge is -2.18. The number of aromatic nitrogens is 2. The van der Waals surface area contributed by atoms with Crippen molar-refractivity contribution in [1.82, 2.24) is 9.55 Å². The third kappa shape index (κ3) is 2.67. The molecule has 0 amide bonds. The number of benzene rings is 1. The fourth-order valence-electron chi connectivity index (χ4n) is 2.18. The zero-order chi connectivity index (χ0) is 13.8. The molecule has 1 aromatic heterocycles. The molecule has 0 fully saturated rings. The Hall–Kier alpha value is -2.10. The van der Waals surface area contributed by atoms with Gasteiger partial charge in [-0.25, -0.2) is 9.78 Å². The van der Waals surface area contributed by atoms with Gasteiger partial charge in [0.1, 0.15) is 11.5 Å². The summed E-state index contributed by atoms with van der Waals surface area (Å²) in [5.74, 6) is 0.477. The molecule has 0 bridgehead atoms. The van der Waals surface area contributed by atoms with Crippen molar-refractivity contribution in [1.29, 1.82) is 0 Å². The molecule has 0 aliphatic heterocycles. The van der Waals surface area contributed by atoms with E-state index in [-0.39, 0.29) is 12.0 Å². The van der Waals surface area contributed by atoms with Crippen molar-refractivity contribution in [3.8, 4) is 0 Å². The normalized spacial score (nSPS) is 12.2. The van der Waals surface area contributed by atoms with E-state index < -0.39 is 0 Å². The molecule has 0 N–H and O–H groups in total. The quantitative estimate of drug-likeness (QED) is 0.792. The lowest BCUT2D eigenvalue weighted by atomic mass is 10.1. The number of rotatable bonds is 4. The highest BCUT2D eigenvalue weighted by Crippen LogP contribution is 2.22. The average molecular weight is 258 g/mol. The number of aryl methyl sites for hydroxylation is 1. The molecular weight excluding hydrogens is 240 g/mol. The van der Waals surface area contributed by atoms with Gasteiger partial charge in [-0.3, -0.25) is 0 Å². The fraction of sp³-hybridized carbons (Fsp3) is 0.333. The minimum absolute atomic E-state index is 0.0445. The summed E-state index contributed by atoms with van der Waals surface area (Å²) in [5.41, 5.74) is 1.63. The summed E-state index contributed by atoms with van der Waals surface area (Å²) in [4.78, 5) is 16.2. The summed E-state index contributed by atoms with van der Waals surface area (Å²) in [6.45, 7) is 6.10. The fourth-order valence-corrected chi connectivity index (χ4v) is 2.18. The number of nitrogens with zero attached hydrogens (tertiary/aromatic N) is 2. The lowest BCUT2D eigenvalue weighted by molar-refractivity contribution is 0.0512. The first-order chi connectivity index (χ1) is 9.15. The van der Waals surface area contributed by atoms with E-state index in [4.69, 9.17) is 4.74 Å². The van der Waals surface area contributed by atoms with Gasteiger partial charge >= 0.3 is 5.97 Å². The third-order valence-corrected chi connectivity index (χ3v) is 3.14. The number of imidazole rings is 1. The van der Waals surface area contributed by atoms with Crippen molar-refractivity contribution in [3.05, 3.63) is 53.6 Å². The Bertz CT molecular complexity index is 561. The number of carbonyl (C=O) groups excluding carboxylic acids is 1. The molecule has 0 radical (unpaired) electrons. The van der Waals surface area contributed by atoms with Gasteiger partial charge in [0.2, 0.25) is 0 Å². The monoisotopic (exact) mass is 258 g/mol. The van der Waals surface area contributed by atoms with Crippen LogP contribution in [0.25, 0.3) is 0 Å². The lowest BCUT2D eigenvalue weighted by Crippen LogP contribution is -2.17. The van der Waals surface area contributed by atoms with Gasteiger partial charge in [0.15, 0.2) is 0 Å². The van der Waals surface area contributed by atoms with Crippen LogP contribution in [0.5, 0.6) is 0 Å². The van der Waals surface area contributed by atoms with Gasteiger partial charge in [-0.15, -0.1) is 0 Å². The maximum atomic E-state index is 11.9. The molecule has 0 aliphatic carbocycles. The molecule has 2 rings (SSSR count). The molecule has 0 spiro atoms. The van der Waals surface area contributed by atoms with E-state index >= 15 is 0 Å². The molecule has 1 heterocycles. The van der Waals surface area contributed by atoms with Crippen molar-refractivity contribution >= 4 is 5.97 Å². The maximum Gasteiger partial charge on any atom is 0.356 e. The van der Waals surface area contributed by atoms with E-state index in [1.807, 2.05) is 48.7 Å². The Balaban J connectivity index is 2.39. The Morgan fingerprint density at radius 3 is 2.68 bits per heavy atom. The first-order valence-corrected chi connectivity index (χ1v) is 6.41. The van der Waals surface area contributed by atoms with Crippen LogP contribution in [0.15, 0.2) is 36.5 Å². The Morgan fingerprint density at radius 1 is 1.37 bits per heavy atom. The summed E-state index contributed by atoms with van der Waals surface area (Å²) in [6, 6.07) is 10.1. The van der Waals surface area contributed by atoms with Crippen LogP contribution < -0.4 is 0 Å². The molecule has 1 atom stereocenters. The van der Waals surface area contributed by atoms with E-state index in [0.717, 1.165) is 11.4 Å². The molecule has 1 aromatic carbocycles. The van der Waals surface area contributed by atoms with Gasteiger partial charge in [0.05, 0.1) is 18.8 Å². The zero-order valence-electron chi connectivity index (χ0n) is 11.5. The Kier molecular flexibility index (Phi) is 4.00. The molecule has 0 aliphatic rings. The zero-order valence-corrected chi connectivity index (χ0v) is 11.5. The summed E-state index contributed by atoms with van der Waals surface area (Å²) < 4.78 is 6.98. The van der Waals surface area contributed by atoms with Gasteiger partial charge in [0.25, 0.3) is 0 Å². The van der Waals surface area contributed by atoms with Gasteiger partial charge < -0.3 is 9.30 Å². The standard InChI is InChI=1S/C15H18N2O2/c1-4-19-15(18)14-10-16-12(3)17(14)11(2)13-8-6-5-7-9-13/h5-11H,4H2,1-3H3. The van der Waals surface area contributed by atoms with Crippen LogP contribution in [0.1, 0.15) is 41.8 Å². The SMILES string of the molecule is CCOC(=O)c1cnc(C)n1C(C)c1ccccc1. The van der Waals surface area contributed by atoms with Gasteiger partial charge in [-0.2, -0.15) is 0 Å². The van der Waals surface area contributed by atoms with Crippen molar-refractivity contribution in [3.63, 3.8) is 0 Å². The van der Waals surface area contributed by atoms with Crippen molar-refractivity contribution < 1.29 is 9.53 Å². The smallest absolute Gasteiger partial charge is 0.356 e. The van der Waals surface area contributed by atoms with Crippen LogP contribution in [0.2, 0.25) is 0 Å². The molecule has 4 heteroatoms. The van der Waals surface area contributed by atoms with E-state index in [2.05, 4.69) is 4.98 Å². The summed E-state index contributed by atoms with van der Waals surface area (Å²) >= 11 is 0. The van der Waals surface area contributed by atoms with Crippen LogP contribution in [0, 0.1) is 6.92 Å². The van der Waals surface area contributed by atoms with Crippen LogP contribution in [0.4, 0.5) is 0 Å². The van der Waals surface area contributed by atoms with Gasteiger partial charge in [0, 0.05) is 0 Å². The van der Waals surface area contributed by atoms with E-state index in [9.17, 15) is 4.79 Å². The highest BCUT2D eigenvalue weighted by Gasteiger charge is 2.20. The number of hydrogen-bond donors (Lipinski definition) is 0. The first-order valence-electron chi connectivity index (χ1n) is 6.41. The second-order valence-corrected chi connectivity index (χ2v) is 4.37. The molecule has 100 valence electrons. The van der Waals surface area contributed by atoms with Crippen molar-refractivity contribution in [2.45, 2.75) is 26.8 Å². The molecule has 4 nitrogen and oxygen atoms in total. The van der Waals surface area contributed by atoms with Crippen LogP contribution in [0.3, 0.4) is 0 Å². The summed E-state index contributed by atoms with van der Waals surface area (Å²) in [5, 5.41) is 0. The van der Waals surface area contributed by atoms with Crippen LogP contribution in [-0.4, -0.2) is 22.1 Å². The molecule has 2 aromatic rings. The van der Waals surface area contributed by atoms with E-state index in [1.165, 1.54) is 0 Å². The Morgan fingerprint density at radius 2 is 2.05 bits per heavy atom. The average Bonchev–Trinajstić information content (AvgIpc) is 2.81. The topological polar surface area (TPSA) is 44.1 Å².